The average molecular weight is 310 g/mol. The van der Waals surface area contributed by atoms with Gasteiger partial charge in [-0.25, -0.2) is 8.78 Å². The van der Waals surface area contributed by atoms with E-state index in [2.05, 4.69) is 5.32 Å². The molecule has 1 atom stereocenters. The topological polar surface area (TPSA) is 12.0 Å². The summed E-state index contributed by atoms with van der Waals surface area (Å²) in [5.41, 5.74) is 1.51. The Morgan fingerprint density at radius 3 is 2.57 bits per heavy atom. The normalized spacial score (nSPS) is 12.4. The van der Waals surface area contributed by atoms with Gasteiger partial charge in [-0.1, -0.05) is 35.9 Å². The second kappa shape index (κ2) is 7.53. The van der Waals surface area contributed by atoms with Crippen molar-refractivity contribution in [3.05, 3.63) is 70.2 Å². The third kappa shape index (κ3) is 4.51. The van der Waals surface area contributed by atoms with Crippen LogP contribution in [0.1, 0.15) is 11.1 Å². The van der Waals surface area contributed by atoms with Crippen molar-refractivity contribution in [1.29, 1.82) is 0 Å². The number of hydrogen-bond donors (Lipinski definition) is 1. The SMILES string of the molecule is CNCC(Cc1cccc(F)c1)Cc1cccc(Cl)c1F. The smallest absolute Gasteiger partial charge is 0.144 e. The van der Waals surface area contributed by atoms with Gasteiger partial charge in [-0.15, -0.1) is 0 Å². The summed E-state index contributed by atoms with van der Waals surface area (Å²) in [6.07, 6.45) is 1.24. The first-order chi connectivity index (χ1) is 10.1. The van der Waals surface area contributed by atoms with Gasteiger partial charge < -0.3 is 5.32 Å². The van der Waals surface area contributed by atoms with Crippen LogP contribution in [-0.2, 0) is 12.8 Å². The molecule has 0 spiro atoms. The van der Waals surface area contributed by atoms with E-state index < -0.39 is 0 Å². The van der Waals surface area contributed by atoms with Gasteiger partial charge in [-0.2, -0.15) is 0 Å². The lowest BCUT2D eigenvalue weighted by Crippen LogP contribution is -2.23. The van der Waals surface area contributed by atoms with E-state index >= 15 is 0 Å². The molecular weight excluding hydrogens is 292 g/mol. The molecule has 0 aliphatic rings. The first-order valence-electron chi connectivity index (χ1n) is 6.92. The van der Waals surface area contributed by atoms with Gasteiger partial charge in [0.05, 0.1) is 5.02 Å². The summed E-state index contributed by atoms with van der Waals surface area (Å²) in [4.78, 5) is 0. The second-order valence-electron chi connectivity index (χ2n) is 5.17. The van der Waals surface area contributed by atoms with Crippen LogP contribution in [0.2, 0.25) is 5.02 Å². The van der Waals surface area contributed by atoms with E-state index in [0.29, 0.717) is 18.4 Å². The van der Waals surface area contributed by atoms with E-state index in [1.807, 2.05) is 13.1 Å². The molecule has 112 valence electrons. The summed E-state index contributed by atoms with van der Waals surface area (Å²) >= 11 is 5.82. The Kier molecular flexibility index (Phi) is 5.71. The first kappa shape index (κ1) is 15.9. The highest BCUT2D eigenvalue weighted by atomic mass is 35.5. The highest BCUT2D eigenvalue weighted by Gasteiger charge is 2.14. The molecule has 4 heteroatoms. The third-order valence-corrected chi connectivity index (χ3v) is 3.74. The summed E-state index contributed by atoms with van der Waals surface area (Å²) in [7, 11) is 1.85. The fourth-order valence-corrected chi connectivity index (χ4v) is 2.71. The van der Waals surface area contributed by atoms with Gasteiger partial charge in [-0.3, -0.25) is 0 Å². The largest absolute Gasteiger partial charge is 0.319 e. The van der Waals surface area contributed by atoms with Gasteiger partial charge >= 0.3 is 0 Å². The third-order valence-electron chi connectivity index (χ3n) is 3.45. The van der Waals surface area contributed by atoms with E-state index in [4.69, 9.17) is 11.6 Å². The standard InChI is InChI=1S/C17H18ClF2N/c1-21-11-13(8-12-4-2-6-15(19)10-12)9-14-5-3-7-16(18)17(14)20/h2-7,10,13,21H,8-9,11H2,1H3. The molecule has 1 N–H and O–H groups in total. The monoisotopic (exact) mass is 309 g/mol. The molecule has 1 nitrogen and oxygen atoms in total. The van der Waals surface area contributed by atoms with Crippen LogP contribution in [0, 0.1) is 17.6 Å². The maximum Gasteiger partial charge on any atom is 0.144 e. The first-order valence-corrected chi connectivity index (χ1v) is 7.30. The molecule has 0 saturated heterocycles. The maximum absolute atomic E-state index is 14.0. The molecule has 0 amide bonds. The van der Waals surface area contributed by atoms with Crippen molar-refractivity contribution < 1.29 is 8.78 Å². The van der Waals surface area contributed by atoms with Gasteiger partial charge in [0, 0.05) is 0 Å². The molecule has 0 fully saturated rings. The number of benzene rings is 2. The maximum atomic E-state index is 14.0. The molecule has 0 radical (unpaired) electrons. The van der Waals surface area contributed by atoms with Crippen LogP contribution in [0.25, 0.3) is 0 Å². The van der Waals surface area contributed by atoms with E-state index in [1.165, 1.54) is 12.1 Å². The molecule has 0 bridgehead atoms. The zero-order valence-corrected chi connectivity index (χ0v) is 12.6. The van der Waals surface area contributed by atoms with Crippen molar-refractivity contribution in [2.75, 3.05) is 13.6 Å². The Morgan fingerprint density at radius 2 is 1.86 bits per heavy atom. The average Bonchev–Trinajstić information content (AvgIpc) is 2.44. The Morgan fingerprint density at radius 1 is 1.10 bits per heavy atom. The Bertz CT molecular complexity index is 601. The number of hydrogen-bond acceptors (Lipinski definition) is 1. The van der Waals surface area contributed by atoms with E-state index in [0.717, 1.165) is 12.1 Å². The molecule has 2 rings (SSSR count). The van der Waals surface area contributed by atoms with E-state index in [-0.39, 0.29) is 22.6 Å². The summed E-state index contributed by atoms with van der Waals surface area (Å²) in [5.74, 6) is -0.436. The number of nitrogens with one attached hydrogen (secondary N) is 1. The predicted molar refractivity (Wildman–Crippen MR) is 82.6 cm³/mol. The minimum absolute atomic E-state index is 0.140. The minimum Gasteiger partial charge on any atom is -0.319 e. The molecule has 2 aromatic rings. The van der Waals surface area contributed by atoms with Crippen LogP contribution in [0.3, 0.4) is 0 Å². The Labute approximate surface area is 128 Å². The van der Waals surface area contributed by atoms with Crippen molar-refractivity contribution in [1.82, 2.24) is 5.32 Å². The van der Waals surface area contributed by atoms with Crippen LogP contribution < -0.4 is 5.32 Å². The number of halogens is 3. The number of rotatable bonds is 6. The quantitative estimate of drug-likeness (QED) is 0.841. The highest BCUT2D eigenvalue weighted by Crippen LogP contribution is 2.22. The molecule has 0 heterocycles. The fourth-order valence-electron chi connectivity index (χ4n) is 2.52. The van der Waals surface area contributed by atoms with Crippen LogP contribution in [0.15, 0.2) is 42.5 Å². The lowest BCUT2D eigenvalue weighted by Gasteiger charge is -2.17. The summed E-state index contributed by atoms with van der Waals surface area (Å²) in [6, 6.07) is 11.6. The van der Waals surface area contributed by atoms with Crippen LogP contribution in [0.4, 0.5) is 8.78 Å². The fraction of sp³-hybridized carbons (Fsp3) is 0.294. The second-order valence-corrected chi connectivity index (χ2v) is 5.58. The summed E-state index contributed by atoms with van der Waals surface area (Å²) < 4.78 is 27.2. The van der Waals surface area contributed by atoms with Crippen molar-refractivity contribution in [2.24, 2.45) is 5.92 Å². The highest BCUT2D eigenvalue weighted by molar-refractivity contribution is 6.30. The zero-order valence-electron chi connectivity index (χ0n) is 11.9. The molecular formula is C17H18ClF2N. The molecule has 0 aliphatic carbocycles. The predicted octanol–water partition coefficient (Wildman–Crippen LogP) is 4.24. The van der Waals surface area contributed by atoms with E-state index in [9.17, 15) is 8.78 Å². The molecule has 0 saturated carbocycles. The van der Waals surface area contributed by atoms with Crippen molar-refractivity contribution in [3.63, 3.8) is 0 Å². The Balaban J connectivity index is 2.13. The molecule has 0 aliphatic heterocycles. The van der Waals surface area contributed by atoms with E-state index in [1.54, 1.807) is 24.3 Å². The molecule has 21 heavy (non-hydrogen) atoms. The van der Waals surface area contributed by atoms with Gasteiger partial charge in [0.15, 0.2) is 0 Å². The molecule has 1 unspecified atom stereocenters. The van der Waals surface area contributed by atoms with Gasteiger partial charge in [0.1, 0.15) is 11.6 Å². The lowest BCUT2D eigenvalue weighted by molar-refractivity contribution is 0.478. The summed E-state index contributed by atoms with van der Waals surface area (Å²) in [5, 5.41) is 3.25. The van der Waals surface area contributed by atoms with Crippen molar-refractivity contribution in [2.45, 2.75) is 12.8 Å². The van der Waals surface area contributed by atoms with Crippen LogP contribution in [0.5, 0.6) is 0 Å². The minimum atomic E-state index is -0.362. The molecule has 2 aromatic carbocycles. The van der Waals surface area contributed by atoms with Crippen LogP contribution >= 0.6 is 11.6 Å². The zero-order chi connectivity index (χ0) is 15.2. The van der Waals surface area contributed by atoms with Gasteiger partial charge in [0.2, 0.25) is 0 Å². The van der Waals surface area contributed by atoms with Gasteiger partial charge in [0.25, 0.3) is 0 Å². The lowest BCUT2D eigenvalue weighted by atomic mass is 9.92. The van der Waals surface area contributed by atoms with Crippen LogP contribution in [-0.4, -0.2) is 13.6 Å². The van der Waals surface area contributed by atoms with Crippen molar-refractivity contribution >= 4 is 11.6 Å². The van der Waals surface area contributed by atoms with Crippen molar-refractivity contribution in [3.8, 4) is 0 Å². The van der Waals surface area contributed by atoms with Gasteiger partial charge in [-0.05, 0) is 61.7 Å². The molecule has 0 aromatic heterocycles. The Hall–Kier alpha value is -1.45. The summed E-state index contributed by atoms with van der Waals surface area (Å²) in [6.45, 7) is 0.725.